The van der Waals surface area contributed by atoms with E-state index in [9.17, 15) is 13.2 Å². The molecule has 0 bridgehead atoms. The third kappa shape index (κ3) is 5.30. The smallest absolute Gasteiger partial charge is 0.273 e. The number of carbonyl (C=O) groups is 1. The van der Waals surface area contributed by atoms with Gasteiger partial charge in [0.05, 0.1) is 5.75 Å². The van der Waals surface area contributed by atoms with Crippen LogP contribution in [0.4, 0.5) is 0 Å². The van der Waals surface area contributed by atoms with Crippen molar-refractivity contribution in [2.75, 3.05) is 25.9 Å². The Bertz CT molecular complexity index is 744. The van der Waals surface area contributed by atoms with Gasteiger partial charge in [-0.15, -0.1) is 0 Å². The van der Waals surface area contributed by atoms with Crippen molar-refractivity contribution in [2.24, 2.45) is 0 Å². The Kier molecular flexibility index (Phi) is 6.54. The molecule has 0 radical (unpaired) electrons. The highest BCUT2D eigenvalue weighted by molar-refractivity contribution is 7.89. The first-order valence-corrected chi connectivity index (χ1v) is 11.4. The number of aromatic nitrogens is 1. The fraction of sp³-hybridized carbons (Fsp3) is 0.778. The molecule has 1 amide bonds. The van der Waals surface area contributed by atoms with E-state index in [0.29, 0.717) is 37.4 Å². The number of hydrogen-bond donors (Lipinski definition) is 2. The molecule has 2 heterocycles. The number of amides is 1. The second-order valence-electron chi connectivity index (χ2n) is 7.67. The van der Waals surface area contributed by atoms with Gasteiger partial charge in [0.25, 0.3) is 5.91 Å². The normalized spacial score (nSPS) is 24.1. The van der Waals surface area contributed by atoms with Crippen molar-refractivity contribution >= 4 is 15.9 Å². The van der Waals surface area contributed by atoms with Crippen molar-refractivity contribution in [1.82, 2.24) is 20.1 Å². The second kappa shape index (κ2) is 8.70. The zero-order chi connectivity index (χ0) is 19.4. The molecular formula is C18H30N4O4S. The average molecular weight is 399 g/mol. The number of carbonyl (C=O) groups excluding carboxylic acids is 1. The highest BCUT2D eigenvalue weighted by atomic mass is 32.2. The zero-order valence-corrected chi connectivity index (χ0v) is 16.9. The summed E-state index contributed by atoms with van der Waals surface area (Å²) in [6.45, 7) is 3.17. The van der Waals surface area contributed by atoms with Gasteiger partial charge in [-0.05, 0) is 59.0 Å². The number of piperidine rings is 1. The number of rotatable bonds is 9. The van der Waals surface area contributed by atoms with E-state index >= 15 is 0 Å². The van der Waals surface area contributed by atoms with Gasteiger partial charge < -0.3 is 15.2 Å². The van der Waals surface area contributed by atoms with E-state index in [-0.39, 0.29) is 23.7 Å². The van der Waals surface area contributed by atoms with Crippen LogP contribution < -0.4 is 10.6 Å². The van der Waals surface area contributed by atoms with E-state index in [1.165, 1.54) is 0 Å². The van der Waals surface area contributed by atoms with E-state index in [0.717, 1.165) is 31.6 Å². The molecule has 3 rings (SSSR count). The molecule has 1 aliphatic heterocycles. The second-order valence-corrected chi connectivity index (χ2v) is 9.71. The molecule has 0 aromatic carbocycles. The fourth-order valence-corrected chi connectivity index (χ4v) is 5.44. The maximum absolute atomic E-state index is 12.6. The predicted octanol–water partition coefficient (Wildman–Crippen LogP) is 1.46. The van der Waals surface area contributed by atoms with Crippen LogP contribution in [0.1, 0.15) is 67.6 Å². The van der Waals surface area contributed by atoms with E-state index in [4.69, 9.17) is 4.52 Å². The van der Waals surface area contributed by atoms with E-state index in [2.05, 4.69) is 15.8 Å². The first kappa shape index (κ1) is 20.3. The Hall–Kier alpha value is -1.45. The summed E-state index contributed by atoms with van der Waals surface area (Å²) in [6.07, 6.45) is 4.90. The Labute approximate surface area is 161 Å². The molecule has 1 saturated carbocycles. The summed E-state index contributed by atoms with van der Waals surface area (Å²) in [7, 11) is -1.39. The number of hydrogen-bond acceptors (Lipinski definition) is 6. The molecule has 0 spiro atoms. The van der Waals surface area contributed by atoms with E-state index < -0.39 is 10.0 Å². The van der Waals surface area contributed by atoms with E-state index in [1.807, 2.05) is 14.0 Å². The molecule has 1 aromatic heterocycles. The monoisotopic (exact) mass is 398 g/mol. The molecular weight excluding hydrogens is 368 g/mol. The lowest BCUT2D eigenvalue weighted by molar-refractivity contribution is 0.0905. The summed E-state index contributed by atoms with van der Waals surface area (Å²) in [5.74, 6) is 1.14. The minimum atomic E-state index is -3.25. The third-order valence-electron chi connectivity index (χ3n) is 5.33. The van der Waals surface area contributed by atoms with Crippen LogP contribution in [0.15, 0.2) is 10.6 Å². The number of sulfonamides is 1. The predicted molar refractivity (Wildman–Crippen MR) is 102 cm³/mol. The molecule has 1 saturated heterocycles. The largest absolute Gasteiger partial charge is 0.360 e. The van der Waals surface area contributed by atoms with Gasteiger partial charge in [0.15, 0.2) is 5.69 Å². The van der Waals surface area contributed by atoms with Gasteiger partial charge in [-0.1, -0.05) is 5.16 Å². The molecule has 0 unspecified atom stereocenters. The molecule has 2 N–H and O–H groups in total. The average Bonchev–Trinajstić information content (AvgIpc) is 3.35. The minimum Gasteiger partial charge on any atom is -0.360 e. The maximum Gasteiger partial charge on any atom is 0.273 e. The standard InChI is InChI=1S/C18H30N4O4S/c1-13-11-15(7-9-22(13)27(24,25)10-4-3-8-19-2)20-18(23)16-12-17(26-21-16)14-5-6-14/h12-15,19H,3-11H2,1-2H3,(H,20,23)/t13-,15-/m0/s1. The van der Waals surface area contributed by atoms with Crippen LogP contribution in [-0.4, -0.2) is 61.8 Å². The van der Waals surface area contributed by atoms with Gasteiger partial charge in [-0.25, -0.2) is 8.42 Å². The lowest BCUT2D eigenvalue weighted by Crippen LogP contribution is -2.51. The van der Waals surface area contributed by atoms with Crippen LogP contribution in [0.2, 0.25) is 0 Å². The van der Waals surface area contributed by atoms with Gasteiger partial charge in [0, 0.05) is 30.6 Å². The zero-order valence-electron chi connectivity index (χ0n) is 16.1. The summed E-state index contributed by atoms with van der Waals surface area (Å²) < 4.78 is 32.0. The van der Waals surface area contributed by atoms with Crippen molar-refractivity contribution in [3.63, 3.8) is 0 Å². The fourth-order valence-electron chi connectivity index (χ4n) is 3.61. The van der Waals surface area contributed by atoms with Gasteiger partial charge in [0.1, 0.15) is 5.76 Å². The van der Waals surface area contributed by atoms with Crippen LogP contribution in [-0.2, 0) is 10.0 Å². The van der Waals surface area contributed by atoms with Gasteiger partial charge >= 0.3 is 0 Å². The van der Waals surface area contributed by atoms with Gasteiger partial charge in [-0.3, -0.25) is 4.79 Å². The summed E-state index contributed by atoms with van der Waals surface area (Å²) in [5, 5.41) is 9.88. The summed E-state index contributed by atoms with van der Waals surface area (Å²) in [5.41, 5.74) is 0.309. The van der Waals surface area contributed by atoms with Crippen molar-refractivity contribution in [3.8, 4) is 0 Å². The Morgan fingerprint density at radius 2 is 2.11 bits per heavy atom. The summed E-state index contributed by atoms with van der Waals surface area (Å²) in [4.78, 5) is 12.4. The first-order chi connectivity index (χ1) is 12.9. The SMILES string of the molecule is CNCCCCS(=O)(=O)N1CC[C@H](NC(=O)c2cc(C3CC3)on2)C[C@@H]1C. The highest BCUT2D eigenvalue weighted by Gasteiger charge is 2.34. The topological polar surface area (TPSA) is 105 Å². The third-order valence-corrected chi connectivity index (χ3v) is 7.39. The van der Waals surface area contributed by atoms with Crippen LogP contribution in [0, 0.1) is 0 Å². The molecule has 2 atom stereocenters. The van der Waals surface area contributed by atoms with Crippen LogP contribution in [0.5, 0.6) is 0 Å². The summed E-state index contributed by atoms with van der Waals surface area (Å²) >= 11 is 0. The van der Waals surface area contributed by atoms with Crippen LogP contribution in [0.3, 0.4) is 0 Å². The molecule has 2 fully saturated rings. The Morgan fingerprint density at radius 3 is 2.78 bits per heavy atom. The van der Waals surface area contributed by atoms with Crippen LogP contribution >= 0.6 is 0 Å². The molecule has 8 nitrogen and oxygen atoms in total. The lowest BCUT2D eigenvalue weighted by Gasteiger charge is -2.36. The number of nitrogens with one attached hydrogen (secondary N) is 2. The van der Waals surface area contributed by atoms with Crippen molar-refractivity contribution in [1.29, 1.82) is 0 Å². The van der Waals surface area contributed by atoms with Crippen molar-refractivity contribution < 1.29 is 17.7 Å². The quantitative estimate of drug-likeness (QED) is 0.610. The van der Waals surface area contributed by atoms with E-state index in [1.54, 1.807) is 10.4 Å². The molecule has 1 aliphatic carbocycles. The number of unbranched alkanes of at least 4 members (excludes halogenated alkanes) is 1. The molecule has 1 aromatic rings. The first-order valence-electron chi connectivity index (χ1n) is 9.82. The van der Waals surface area contributed by atoms with Crippen molar-refractivity contribution in [2.45, 2.75) is 63.5 Å². The molecule has 2 aliphatic rings. The van der Waals surface area contributed by atoms with Crippen molar-refractivity contribution in [3.05, 3.63) is 17.5 Å². The number of nitrogens with zero attached hydrogens (tertiary/aromatic N) is 2. The minimum absolute atomic E-state index is 0.0516. The van der Waals surface area contributed by atoms with Crippen LogP contribution in [0.25, 0.3) is 0 Å². The highest BCUT2D eigenvalue weighted by Crippen LogP contribution is 2.40. The van der Waals surface area contributed by atoms with Gasteiger partial charge in [0.2, 0.25) is 10.0 Å². The molecule has 9 heteroatoms. The lowest BCUT2D eigenvalue weighted by atomic mass is 10.0. The maximum atomic E-state index is 12.6. The Morgan fingerprint density at radius 1 is 1.33 bits per heavy atom. The van der Waals surface area contributed by atoms with Gasteiger partial charge in [-0.2, -0.15) is 4.31 Å². The molecule has 27 heavy (non-hydrogen) atoms. The summed E-state index contributed by atoms with van der Waals surface area (Å²) in [6, 6.07) is 1.54. The molecule has 152 valence electrons. The Balaban J connectivity index is 1.49.